The fourth-order valence-electron chi connectivity index (χ4n) is 2.82. The van der Waals surface area contributed by atoms with Crippen LogP contribution in [0, 0.1) is 0 Å². The van der Waals surface area contributed by atoms with Crippen LogP contribution in [0.2, 0.25) is 0 Å². The third kappa shape index (κ3) is 5.37. The van der Waals surface area contributed by atoms with Crippen molar-refractivity contribution >= 4 is 21.9 Å². The maximum atomic E-state index is 12.2. The van der Waals surface area contributed by atoms with Crippen molar-refractivity contribution in [2.75, 3.05) is 18.9 Å². The molecule has 2 rings (SSSR count). The van der Waals surface area contributed by atoms with Crippen LogP contribution in [0.3, 0.4) is 0 Å². The number of fused-ring (bicyclic) bond motifs is 1. The lowest BCUT2D eigenvalue weighted by Gasteiger charge is -2.13. The molecule has 25 heavy (non-hydrogen) atoms. The number of nitrogens with zero attached hydrogens (tertiary/aromatic N) is 1. The summed E-state index contributed by atoms with van der Waals surface area (Å²) < 4.78 is 28.7. The minimum absolute atomic E-state index is 0.0265. The summed E-state index contributed by atoms with van der Waals surface area (Å²) in [4.78, 5) is 25.4. The van der Waals surface area contributed by atoms with E-state index in [9.17, 15) is 18.0 Å². The minimum Gasteiger partial charge on any atom is -0.272 e. The molecule has 0 unspecified atom stereocenters. The van der Waals surface area contributed by atoms with E-state index in [1.807, 2.05) is 0 Å². The van der Waals surface area contributed by atoms with Crippen molar-refractivity contribution in [2.45, 2.75) is 45.4 Å². The molecule has 6 nitrogen and oxygen atoms in total. The van der Waals surface area contributed by atoms with E-state index in [0.29, 0.717) is 17.5 Å². The van der Waals surface area contributed by atoms with Gasteiger partial charge in [0, 0.05) is 0 Å². The van der Waals surface area contributed by atoms with E-state index in [1.165, 1.54) is 6.42 Å². The zero-order chi connectivity index (χ0) is 18.3. The van der Waals surface area contributed by atoms with Crippen molar-refractivity contribution < 1.29 is 22.2 Å². The van der Waals surface area contributed by atoms with Gasteiger partial charge in [-0.1, -0.05) is 51.2 Å². The molecule has 1 aromatic rings. The molecule has 2 amide bonds. The van der Waals surface area contributed by atoms with Gasteiger partial charge in [0.25, 0.3) is 21.9 Å². The van der Waals surface area contributed by atoms with Crippen molar-refractivity contribution in [3.05, 3.63) is 35.4 Å². The second-order valence-corrected chi connectivity index (χ2v) is 7.92. The molecular weight excluding hydrogens is 342 g/mol. The standard InChI is InChI=1S/C18H25NO5S/c1-2-3-4-5-6-9-14-25(22,23)24-13-12-19-17(20)15-10-7-8-11-16(15)18(19)21/h7-8,10-11H,2-6,9,12-14H2,1H3. The van der Waals surface area contributed by atoms with Gasteiger partial charge in [0.2, 0.25) is 0 Å². The summed E-state index contributed by atoms with van der Waals surface area (Å²) in [7, 11) is -3.62. The van der Waals surface area contributed by atoms with Crippen LogP contribution in [0.15, 0.2) is 24.3 Å². The molecule has 1 aliphatic rings. The Morgan fingerprint density at radius 3 is 2.08 bits per heavy atom. The molecule has 138 valence electrons. The monoisotopic (exact) mass is 367 g/mol. The Hall–Kier alpha value is -1.73. The number of benzene rings is 1. The molecule has 0 bridgehead atoms. The van der Waals surface area contributed by atoms with Crippen LogP contribution in [-0.4, -0.2) is 44.0 Å². The van der Waals surface area contributed by atoms with Gasteiger partial charge in [-0.05, 0) is 18.6 Å². The van der Waals surface area contributed by atoms with E-state index >= 15 is 0 Å². The quantitative estimate of drug-likeness (QED) is 0.341. The molecule has 1 aromatic carbocycles. The summed E-state index contributed by atoms with van der Waals surface area (Å²) in [5.41, 5.74) is 0.699. The van der Waals surface area contributed by atoms with Gasteiger partial charge in [-0.25, -0.2) is 0 Å². The maximum absolute atomic E-state index is 12.2. The van der Waals surface area contributed by atoms with Crippen LogP contribution in [0.1, 0.15) is 66.2 Å². The Balaban J connectivity index is 1.73. The van der Waals surface area contributed by atoms with Crippen LogP contribution in [0.5, 0.6) is 0 Å². The zero-order valence-corrected chi connectivity index (χ0v) is 15.4. The van der Waals surface area contributed by atoms with E-state index in [0.717, 1.165) is 30.6 Å². The number of rotatable bonds is 11. The Kier molecular flexibility index (Phi) is 7.13. The van der Waals surface area contributed by atoms with Crippen LogP contribution in [0.25, 0.3) is 0 Å². The highest BCUT2D eigenvalue weighted by Gasteiger charge is 2.34. The largest absolute Gasteiger partial charge is 0.272 e. The zero-order valence-electron chi connectivity index (χ0n) is 14.6. The van der Waals surface area contributed by atoms with Crippen molar-refractivity contribution in [1.29, 1.82) is 0 Å². The molecule has 0 fully saturated rings. The van der Waals surface area contributed by atoms with E-state index < -0.39 is 21.9 Å². The summed E-state index contributed by atoms with van der Waals surface area (Å²) in [5.74, 6) is -0.837. The number of imide groups is 1. The molecule has 0 N–H and O–H groups in total. The lowest BCUT2D eigenvalue weighted by molar-refractivity contribution is 0.0632. The number of hydrogen-bond acceptors (Lipinski definition) is 5. The van der Waals surface area contributed by atoms with E-state index in [2.05, 4.69) is 6.92 Å². The lowest BCUT2D eigenvalue weighted by Crippen LogP contribution is -2.33. The van der Waals surface area contributed by atoms with Gasteiger partial charge < -0.3 is 0 Å². The normalized spacial score (nSPS) is 14.2. The highest BCUT2D eigenvalue weighted by Crippen LogP contribution is 2.22. The first-order valence-corrected chi connectivity index (χ1v) is 10.4. The van der Waals surface area contributed by atoms with Crippen LogP contribution in [-0.2, 0) is 14.3 Å². The van der Waals surface area contributed by atoms with Crippen LogP contribution >= 0.6 is 0 Å². The summed E-state index contributed by atoms with van der Waals surface area (Å²) >= 11 is 0. The average molecular weight is 367 g/mol. The number of hydrogen-bond donors (Lipinski definition) is 0. The molecule has 1 heterocycles. The number of carbonyl (C=O) groups is 2. The van der Waals surface area contributed by atoms with Crippen molar-refractivity contribution in [2.24, 2.45) is 0 Å². The van der Waals surface area contributed by atoms with Crippen LogP contribution in [0.4, 0.5) is 0 Å². The number of unbranched alkanes of at least 4 members (excludes halogenated alkanes) is 5. The molecule has 0 saturated heterocycles. The van der Waals surface area contributed by atoms with Gasteiger partial charge >= 0.3 is 0 Å². The third-order valence-corrected chi connectivity index (χ3v) is 5.52. The van der Waals surface area contributed by atoms with Crippen LogP contribution < -0.4 is 0 Å². The average Bonchev–Trinajstić information content (AvgIpc) is 2.83. The van der Waals surface area contributed by atoms with Gasteiger partial charge in [0.05, 0.1) is 30.0 Å². The topological polar surface area (TPSA) is 80.8 Å². The van der Waals surface area contributed by atoms with Crippen molar-refractivity contribution in [1.82, 2.24) is 4.90 Å². The van der Waals surface area contributed by atoms with Crippen molar-refractivity contribution in [3.63, 3.8) is 0 Å². The Bertz CT molecular complexity index is 679. The summed E-state index contributed by atoms with van der Waals surface area (Å²) in [6.45, 7) is 1.86. The first-order valence-electron chi connectivity index (χ1n) is 8.78. The van der Waals surface area contributed by atoms with Gasteiger partial charge in [-0.3, -0.25) is 18.7 Å². The van der Waals surface area contributed by atoms with Gasteiger partial charge in [-0.15, -0.1) is 0 Å². The van der Waals surface area contributed by atoms with Gasteiger partial charge in [-0.2, -0.15) is 8.42 Å². The smallest absolute Gasteiger partial charge is 0.267 e. The molecule has 0 radical (unpaired) electrons. The first-order chi connectivity index (χ1) is 12.0. The van der Waals surface area contributed by atoms with E-state index in [1.54, 1.807) is 24.3 Å². The second kappa shape index (κ2) is 9.10. The molecular formula is C18H25NO5S. The number of carbonyl (C=O) groups excluding carboxylic acids is 2. The molecule has 0 aliphatic carbocycles. The Morgan fingerprint density at radius 1 is 0.920 bits per heavy atom. The van der Waals surface area contributed by atoms with E-state index in [4.69, 9.17) is 4.18 Å². The molecule has 0 saturated carbocycles. The second-order valence-electron chi connectivity index (χ2n) is 6.16. The Labute approximate surface area is 149 Å². The highest BCUT2D eigenvalue weighted by molar-refractivity contribution is 7.86. The SMILES string of the molecule is CCCCCCCCS(=O)(=O)OCCN1C(=O)c2ccccc2C1=O. The molecule has 1 aliphatic heterocycles. The predicted octanol–water partition coefficient (Wildman–Crippen LogP) is 2.99. The lowest BCUT2D eigenvalue weighted by atomic mass is 10.1. The Morgan fingerprint density at radius 2 is 1.48 bits per heavy atom. The fourth-order valence-corrected chi connectivity index (χ4v) is 3.82. The summed E-state index contributed by atoms with van der Waals surface area (Å²) in [6.07, 6.45) is 5.90. The minimum atomic E-state index is -3.62. The van der Waals surface area contributed by atoms with E-state index in [-0.39, 0.29) is 18.9 Å². The van der Waals surface area contributed by atoms with Crippen molar-refractivity contribution in [3.8, 4) is 0 Å². The fraction of sp³-hybridized carbons (Fsp3) is 0.556. The van der Waals surface area contributed by atoms with Gasteiger partial charge in [0.1, 0.15) is 0 Å². The molecule has 7 heteroatoms. The van der Waals surface area contributed by atoms with Gasteiger partial charge in [0.15, 0.2) is 0 Å². The predicted molar refractivity (Wildman–Crippen MR) is 94.9 cm³/mol. The number of amides is 2. The molecule has 0 atom stereocenters. The summed E-state index contributed by atoms with van der Waals surface area (Å²) in [6, 6.07) is 6.56. The maximum Gasteiger partial charge on any atom is 0.267 e. The third-order valence-electron chi connectivity index (χ3n) is 4.20. The highest BCUT2D eigenvalue weighted by atomic mass is 32.2. The molecule has 0 aromatic heterocycles. The summed E-state index contributed by atoms with van der Waals surface area (Å²) in [5, 5.41) is 0. The molecule has 0 spiro atoms. The first kappa shape index (κ1) is 19.6.